The van der Waals surface area contributed by atoms with Crippen LogP contribution in [-0.4, -0.2) is 31.8 Å². The van der Waals surface area contributed by atoms with Crippen molar-refractivity contribution < 1.29 is 18.7 Å². The Morgan fingerprint density at radius 1 is 1.21 bits per heavy atom. The Kier molecular flexibility index (Phi) is 8.87. The van der Waals surface area contributed by atoms with Crippen molar-refractivity contribution in [3.05, 3.63) is 66.5 Å². The van der Waals surface area contributed by atoms with Crippen molar-refractivity contribution in [1.82, 2.24) is 5.32 Å². The fraction of sp³-hybridized carbons (Fsp3) is 0.375. The number of halogens is 1. The molecule has 0 aliphatic heterocycles. The van der Waals surface area contributed by atoms with Crippen LogP contribution in [0.3, 0.4) is 0 Å². The molecule has 4 nitrogen and oxygen atoms in total. The number of carbonyl (C=O) groups excluding carboxylic acids is 1. The second kappa shape index (κ2) is 11.4. The van der Waals surface area contributed by atoms with Crippen molar-refractivity contribution in [1.29, 1.82) is 0 Å². The molecule has 0 aliphatic carbocycles. The van der Waals surface area contributed by atoms with Gasteiger partial charge in [-0.2, -0.15) is 0 Å². The Labute approximate surface area is 172 Å². The lowest BCUT2D eigenvalue weighted by Gasteiger charge is -2.23. The first-order valence-electron chi connectivity index (χ1n) is 9.97. The van der Waals surface area contributed by atoms with Crippen LogP contribution >= 0.6 is 0 Å². The second-order valence-corrected chi connectivity index (χ2v) is 6.87. The molecule has 0 aliphatic rings. The van der Waals surface area contributed by atoms with Gasteiger partial charge in [0.2, 0.25) is 0 Å². The molecule has 2 aromatic carbocycles. The summed E-state index contributed by atoms with van der Waals surface area (Å²) < 4.78 is 24.1. The SMILES string of the molecule is C=CC(CC)N[C@@H](CC(=O)OCC)Cc1ccc(-c2cc(F)ccc2OC)cc1. The molecule has 156 valence electrons. The first-order valence-corrected chi connectivity index (χ1v) is 9.97. The van der Waals surface area contributed by atoms with Crippen LogP contribution in [0.1, 0.15) is 32.3 Å². The van der Waals surface area contributed by atoms with Crippen molar-refractivity contribution in [2.45, 2.75) is 45.2 Å². The zero-order valence-corrected chi connectivity index (χ0v) is 17.4. The Bertz CT molecular complexity index is 804. The van der Waals surface area contributed by atoms with Gasteiger partial charge in [-0.15, -0.1) is 6.58 Å². The highest BCUT2D eigenvalue weighted by Gasteiger charge is 2.18. The van der Waals surface area contributed by atoms with Crippen LogP contribution in [0.5, 0.6) is 5.75 Å². The molecule has 29 heavy (non-hydrogen) atoms. The summed E-state index contributed by atoms with van der Waals surface area (Å²) in [5.74, 6) is 0.0985. The van der Waals surface area contributed by atoms with Crippen molar-refractivity contribution in [2.24, 2.45) is 0 Å². The summed E-state index contributed by atoms with van der Waals surface area (Å²) in [6.45, 7) is 8.10. The number of rotatable bonds is 11. The molecule has 0 radical (unpaired) electrons. The van der Waals surface area contributed by atoms with E-state index in [1.165, 1.54) is 12.1 Å². The number of ether oxygens (including phenoxy) is 2. The van der Waals surface area contributed by atoms with Crippen LogP contribution in [0, 0.1) is 5.82 Å². The highest BCUT2D eigenvalue weighted by molar-refractivity contribution is 5.71. The lowest BCUT2D eigenvalue weighted by molar-refractivity contribution is -0.143. The quantitative estimate of drug-likeness (QED) is 0.430. The topological polar surface area (TPSA) is 47.6 Å². The van der Waals surface area contributed by atoms with E-state index in [9.17, 15) is 9.18 Å². The normalized spacial score (nSPS) is 12.8. The van der Waals surface area contributed by atoms with Crippen LogP contribution in [0.4, 0.5) is 4.39 Å². The van der Waals surface area contributed by atoms with Crippen LogP contribution < -0.4 is 10.1 Å². The van der Waals surface area contributed by atoms with Gasteiger partial charge in [-0.25, -0.2) is 4.39 Å². The highest BCUT2D eigenvalue weighted by Crippen LogP contribution is 2.31. The molecule has 2 aromatic rings. The third-order valence-corrected chi connectivity index (χ3v) is 4.80. The third-order valence-electron chi connectivity index (χ3n) is 4.80. The maximum Gasteiger partial charge on any atom is 0.307 e. The highest BCUT2D eigenvalue weighted by atomic mass is 19.1. The zero-order valence-electron chi connectivity index (χ0n) is 17.4. The van der Waals surface area contributed by atoms with Gasteiger partial charge >= 0.3 is 5.97 Å². The monoisotopic (exact) mass is 399 g/mol. The Morgan fingerprint density at radius 3 is 2.52 bits per heavy atom. The molecule has 2 atom stereocenters. The summed E-state index contributed by atoms with van der Waals surface area (Å²) in [6, 6.07) is 12.4. The zero-order chi connectivity index (χ0) is 21.2. The van der Waals surface area contributed by atoms with Crippen LogP contribution in [-0.2, 0) is 16.0 Å². The predicted octanol–water partition coefficient (Wildman–Crippen LogP) is 4.92. The molecule has 5 heteroatoms. The Hall–Kier alpha value is -2.66. The molecule has 2 rings (SSSR count). The molecule has 0 fully saturated rings. The molecule has 0 amide bonds. The average molecular weight is 400 g/mol. The number of methoxy groups -OCH3 is 1. The van der Waals surface area contributed by atoms with E-state index in [4.69, 9.17) is 9.47 Å². The van der Waals surface area contributed by atoms with E-state index in [1.807, 2.05) is 30.3 Å². The number of carbonyl (C=O) groups is 1. The Balaban J connectivity index is 2.18. The van der Waals surface area contributed by atoms with Gasteiger partial charge < -0.3 is 14.8 Å². The molecule has 0 saturated carbocycles. The van der Waals surface area contributed by atoms with Crippen LogP contribution in [0.2, 0.25) is 0 Å². The van der Waals surface area contributed by atoms with Crippen molar-refractivity contribution in [2.75, 3.05) is 13.7 Å². The van der Waals surface area contributed by atoms with Crippen molar-refractivity contribution >= 4 is 5.97 Å². The van der Waals surface area contributed by atoms with E-state index in [0.717, 1.165) is 17.5 Å². The minimum absolute atomic E-state index is 0.0634. The van der Waals surface area contributed by atoms with Crippen molar-refractivity contribution in [3.8, 4) is 16.9 Å². The lowest BCUT2D eigenvalue weighted by Crippen LogP contribution is -2.40. The van der Waals surface area contributed by atoms with Gasteiger partial charge in [-0.3, -0.25) is 4.79 Å². The molecule has 0 spiro atoms. The molecular weight excluding hydrogens is 369 g/mol. The number of benzene rings is 2. The largest absolute Gasteiger partial charge is 0.496 e. The van der Waals surface area contributed by atoms with Gasteiger partial charge in [0.15, 0.2) is 0 Å². The summed E-state index contributed by atoms with van der Waals surface area (Å²) in [4.78, 5) is 12.0. The molecule has 1 N–H and O–H groups in total. The molecule has 0 saturated heterocycles. The van der Waals surface area contributed by atoms with E-state index in [-0.39, 0.29) is 30.3 Å². The van der Waals surface area contributed by atoms with Gasteiger partial charge in [0.05, 0.1) is 20.1 Å². The summed E-state index contributed by atoms with van der Waals surface area (Å²) in [5, 5.41) is 3.47. The number of esters is 1. The predicted molar refractivity (Wildman–Crippen MR) is 115 cm³/mol. The summed E-state index contributed by atoms with van der Waals surface area (Å²) in [6.07, 6.45) is 3.71. The van der Waals surface area contributed by atoms with Gasteiger partial charge in [-0.1, -0.05) is 37.3 Å². The summed E-state index contributed by atoms with van der Waals surface area (Å²) >= 11 is 0. The molecule has 0 aromatic heterocycles. The fourth-order valence-corrected chi connectivity index (χ4v) is 3.28. The van der Waals surface area contributed by atoms with E-state index in [2.05, 4.69) is 18.8 Å². The van der Waals surface area contributed by atoms with Crippen LogP contribution in [0.25, 0.3) is 11.1 Å². The minimum Gasteiger partial charge on any atom is -0.496 e. The molecular formula is C24H30FNO3. The maximum absolute atomic E-state index is 13.7. The molecule has 0 heterocycles. The second-order valence-electron chi connectivity index (χ2n) is 6.87. The van der Waals surface area contributed by atoms with Gasteiger partial charge in [-0.05, 0) is 49.1 Å². The van der Waals surface area contributed by atoms with Crippen LogP contribution in [0.15, 0.2) is 55.1 Å². The standard InChI is InChI=1S/C24H30FNO3/c1-5-20(6-2)26-21(16-24(27)29-7-3)14-17-8-10-18(11-9-17)22-15-19(25)12-13-23(22)28-4/h5,8-13,15,20-21,26H,1,6-7,14,16H2,2-4H3/t20?,21-/m1/s1. The summed E-state index contributed by atoms with van der Waals surface area (Å²) in [5.41, 5.74) is 2.65. The molecule has 1 unspecified atom stereocenters. The van der Waals surface area contributed by atoms with Gasteiger partial charge in [0.1, 0.15) is 11.6 Å². The number of hydrogen-bond acceptors (Lipinski definition) is 4. The van der Waals surface area contributed by atoms with E-state index >= 15 is 0 Å². The lowest BCUT2D eigenvalue weighted by atomic mass is 9.98. The van der Waals surface area contributed by atoms with Gasteiger partial charge in [0, 0.05) is 17.6 Å². The van der Waals surface area contributed by atoms with E-state index in [1.54, 1.807) is 20.1 Å². The fourth-order valence-electron chi connectivity index (χ4n) is 3.28. The average Bonchev–Trinajstić information content (AvgIpc) is 2.72. The van der Waals surface area contributed by atoms with Crippen molar-refractivity contribution in [3.63, 3.8) is 0 Å². The number of nitrogens with one attached hydrogen (secondary N) is 1. The molecule has 0 bridgehead atoms. The maximum atomic E-state index is 13.7. The Morgan fingerprint density at radius 2 is 1.93 bits per heavy atom. The first-order chi connectivity index (χ1) is 14.0. The number of hydrogen-bond donors (Lipinski definition) is 1. The van der Waals surface area contributed by atoms with Gasteiger partial charge in [0.25, 0.3) is 0 Å². The summed E-state index contributed by atoms with van der Waals surface area (Å²) in [7, 11) is 1.57. The minimum atomic E-state index is -0.307. The smallest absolute Gasteiger partial charge is 0.307 e. The van der Waals surface area contributed by atoms with E-state index in [0.29, 0.717) is 24.3 Å². The third kappa shape index (κ3) is 6.71. The first kappa shape index (κ1) is 22.6. The van der Waals surface area contributed by atoms with E-state index < -0.39 is 0 Å².